The largest absolute Gasteiger partial charge is 0.490 e. The molecule has 0 aliphatic carbocycles. The Balaban J connectivity index is 1.97. The Morgan fingerprint density at radius 2 is 1.50 bits per heavy atom. The molecule has 2 aromatic carbocycles. The molecule has 0 spiro atoms. The van der Waals surface area contributed by atoms with Crippen LogP contribution >= 0.6 is 0 Å². The molecule has 1 nitrogen and oxygen atoms in total. The van der Waals surface area contributed by atoms with Crippen molar-refractivity contribution in [1.82, 2.24) is 0 Å². The highest BCUT2D eigenvalue weighted by atomic mass is 19.1. The zero-order valence-corrected chi connectivity index (χ0v) is 11.4. The molecular formula is C18H17FO. The summed E-state index contributed by atoms with van der Waals surface area (Å²) < 4.78 is 18.4. The Morgan fingerprint density at radius 1 is 0.900 bits per heavy atom. The van der Waals surface area contributed by atoms with Gasteiger partial charge in [0, 0.05) is 0 Å². The third-order valence-electron chi connectivity index (χ3n) is 2.82. The lowest BCUT2D eigenvalue weighted by Crippen LogP contribution is -1.92. The van der Waals surface area contributed by atoms with Crippen molar-refractivity contribution in [2.45, 2.75) is 6.92 Å². The van der Waals surface area contributed by atoms with Gasteiger partial charge in [-0.2, -0.15) is 0 Å². The molecule has 0 radical (unpaired) electrons. The van der Waals surface area contributed by atoms with Gasteiger partial charge in [0.25, 0.3) is 0 Å². The van der Waals surface area contributed by atoms with Crippen molar-refractivity contribution < 1.29 is 9.13 Å². The first-order valence-corrected chi connectivity index (χ1v) is 6.56. The van der Waals surface area contributed by atoms with Crippen LogP contribution in [0.25, 0.3) is 11.1 Å². The Morgan fingerprint density at radius 3 is 2.10 bits per heavy atom. The summed E-state index contributed by atoms with van der Waals surface area (Å²) in [6.07, 6.45) is 7.83. The second-order valence-corrected chi connectivity index (χ2v) is 4.30. The summed E-state index contributed by atoms with van der Waals surface area (Å²) in [5.74, 6) is 0.600. The molecule has 0 saturated carbocycles. The van der Waals surface area contributed by atoms with Crippen LogP contribution in [0.2, 0.25) is 0 Å². The topological polar surface area (TPSA) is 9.23 Å². The van der Waals surface area contributed by atoms with E-state index in [9.17, 15) is 4.39 Å². The highest BCUT2D eigenvalue weighted by molar-refractivity contribution is 5.63. The molecule has 0 amide bonds. The molecule has 0 bridgehead atoms. The molecule has 20 heavy (non-hydrogen) atoms. The number of allylic oxidation sites excluding steroid dienone is 3. The second-order valence-electron chi connectivity index (χ2n) is 4.30. The molecule has 0 unspecified atom stereocenters. The maximum Gasteiger partial charge on any atom is 0.123 e. The molecular weight excluding hydrogens is 251 g/mol. The normalized spacial score (nSPS) is 11.3. The van der Waals surface area contributed by atoms with Crippen LogP contribution in [0.4, 0.5) is 4.39 Å². The number of halogens is 1. The first-order chi connectivity index (χ1) is 9.79. The molecule has 0 heterocycles. The Hall–Kier alpha value is -2.35. The number of hydrogen-bond donors (Lipinski definition) is 0. The summed E-state index contributed by atoms with van der Waals surface area (Å²) >= 11 is 0. The minimum absolute atomic E-state index is 0.221. The SMILES string of the molecule is CC=CC=CCOc1ccc(-c2ccc(F)cc2)cc1. The first-order valence-electron chi connectivity index (χ1n) is 6.56. The maximum atomic E-state index is 12.9. The Labute approximate surface area is 119 Å². The second kappa shape index (κ2) is 7.29. The van der Waals surface area contributed by atoms with Gasteiger partial charge in [0.05, 0.1) is 0 Å². The van der Waals surface area contributed by atoms with Crippen molar-refractivity contribution in [3.63, 3.8) is 0 Å². The van der Waals surface area contributed by atoms with Crippen LogP contribution in [-0.4, -0.2) is 6.61 Å². The van der Waals surface area contributed by atoms with Crippen molar-refractivity contribution in [2.75, 3.05) is 6.61 Å². The summed E-state index contributed by atoms with van der Waals surface area (Å²) in [6, 6.07) is 14.2. The van der Waals surface area contributed by atoms with E-state index in [1.165, 1.54) is 12.1 Å². The van der Waals surface area contributed by atoms with E-state index in [1.54, 1.807) is 12.1 Å². The van der Waals surface area contributed by atoms with E-state index in [0.29, 0.717) is 6.61 Å². The Bertz CT molecular complexity index is 580. The maximum absolute atomic E-state index is 12.9. The number of benzene rings is 2. The molecule has 0 saturated heterocycles. The van der Waals surface area contributed by atoms with Gasteiger partial charge in [0.15, 0.2) is 0 Å². The van der Waals surface area contributed by atoms with Gasteiger partial charge in [-0.05, 0) is 48.4 Å². The van der Waals surface area contributed by atoms with E-state index in [1.807, 2.05) is 55.5 Å². The van der Waals surface area contributed by atoms with Gasteiger partial charge in [-0.3, -0.25) is 0 Å². The zero-order valence-electron chi connectivity index (χ0n) is 11.4. The molecule has 102 valence electrons. The molecule has 2 aromatic rings. The molecule has 2 heteroatoms. The van der Waals surface area contributed by atoms with Crippen LogP contribution in [0.15, 0.2) is 72.8 Å². The van der Waals surface area contributed by atoms with E-state index in [4.69, 9.17) is 4.74 Å². The van der Waals surface area contributed by atoms with E-state index < -0.39 is 0 Å². The van der Waals surface area contributed by atoms with Gasteiger partial charge >= 0.3 is 0 Å². The lowest BCUT2D eigenvalue weighted by atomic mass is 10.1. The summed E-state index contributed by atoms with van der Waals surface area (Å²) in [6.45, 7) is 2.51. The lowest BCUT2D eigenvalue weighted by Gasteiger charge is -2.05. The van der Waals surface area contributed by atoms with Crippen molar-refractivity contribution in [3.05, 3.63) is 78.7 Å². The minimum Gasteiger partial charge on any atom is -0.490 e. The number of hydrogen-bond acceptors (Lipinski definition) is 1. The van der Waals surface area contributed by atoms with Crippen LogP contribution < -0.4 is 4.74 Å². The molecule has 0 aliphatic rings. The predicted molar refractivity (Wildman–Crippen MR) is 81.3 cm³/mol. The van der Waals surface area contributed by atoms with E-state index >= 15 is 0 Å². The fraction of sp³-hybridized carbons (Fsp3) is 0.111. The molecule has 2 rings (SSSR count). The first kappa shape index (κ1) is 14.1. The lowest BCUT2D eigenvalue weighted by molar-refractivity contribution is 0.363. The highest BCUT2D eigenvalue weighted by Crippen LogP contribution is 2.22. The number of rotatable bonds is 5. The van der Waals surface area contributed by atoms with Crippen molar-refractivity contribution in [2.24, 2.45) is 0 Å². The predicted octanol–water partition coefficient (Wildman–Crippen LogP) is 5.00. The molecule has 0 N–H and O–H groups in total. The summed E-state index contributed by atoms with van der Waals surface area (Å²) in [5.41, 5.74) is 2.03. The third-order valence-corrected chi connectivity index (χ3v) is 2.82. The van der Waals surface area contributed by atoms with Gasteiger partial charge < -0.3 is 4.74 Å². The monoisotopic (exact) mass is 268 g/mol. The molecule has 0 aliphatic heterocycles. The minimum atomic E-state index is -0.221. The van der Waals surface area contributed by atoms with Crippen molar-refractivity contribution in [3.8, 4) is 16.9 Å². The van der Waals surface area contributed by atoms with Crippen LogP contribution in [0.5, 0.6) is 5.75 Å². The summed E-state index contributed by atoms with van der Waals surface area (Å²) in [5, 5.41) is 0. The third kappa shape index (κ3) is 4.09. The zero-order chi connectivity index (χ0) is 14.2. The molecule has 0 atom stereocenters. The van der Waals surface area contributed by atoms with Gasteiger partial charge in [-0.1, -0.05) is 42.5 Å². The van der Waals surface area contributed by atoms with Crippen molar-refractivity contribution >= 4 is 0 Å². The van der Waals surface area contributed by atoms with E-state index in [0.717, 1.165) is 16.9 Å². The van der Waals surface area contributed by atoms with Crippen molar-refractivity contribution in [1.29, 1.82) is 0 Å². The standard InChI is InChI=1S/C18H17FO/c1-2-3-4-5-14-20-18-12-8-16(9-13-18)15-6-10-17(19)11-7-15/h2-13H,14H2,1H3. The quantitative estimate of drug-likeness (QED) is 0.693. The van der Waals surface area contributed by atoms with E-state index in [-0.39, 0.29) is 5.82 Å². The van der Waals surface area contributed by atoms with Crippen LogP contribution in [0.3, 0.4) is 0 Å². The smallest absolute Gasteiger partial charge is 0.123 e. The van der Waals surface area contributed by atoms with E-state index in [2.05, 4.69) is 0 Å². The fourth-order valence-corrected chi connectivity index (χ4v) is 1.78. The highest BCUT2D eigenvalue weighted by Gasteiger charge is 1.98. The van der Waals surface area contributed by atoms with Crippen LogP contribution in [0, 0.1) is 5.82 Å². The molecule has 0 fully saturated rings. The van der Waals surface area contributed by atoms with Crippen LogP contribution in [-0.2, 0) is 0 Å². The average molecular weight is 268 g/mol. The van der Waals surface area contributed by atoms with Gasteiger partial charge in [-0.25, -0.2) is 4.39 Å². The van der Waals surface area contributed by atoms with Gasteiger partial charge in [0.2, 0.25) is 0 Å². The van der Waals surface area contributed by atoms with Crippen LogP contribution in [0.1, 0.15) is 6.92 Å². The Kier molecular flexibility index (Phi) is 5.13. The van der Waals surface area contributed by atoms with Gasteiger partial charge in [0.1, 0.15) is 18.2 Å². The average Bonchev–Trinajstić information content (AvgIpc) is 2.49. The summed E-state index contributed by atoms with van der Waals surface area (Å²) in [7, 11) is 0. The number of ether oxygens (including phenoxy) is 1. The molecule has 0 aromatic heterocycles. The summed E-state index contributed by atoms with van der Waals surface area (Å²) in [4.78, 5) is 0. The fourth-order valence-electron chi connectivity index (χ4n) is 1.78. The van der Waals surface area contributed by atoms with Gasteiger partial charge in [-0.15, -0.1) is 0 Å².